The van der Waals surface area contributed by atoms with Crippen molar-refractivity contribution in [1.29, 1.82) is 0 Å². The molecule has 0 aliphatic heterocycles. The van der Waals surface area contributed by atoms with Crippen LogP contribution in [0.3, 0.4) is 0 Å². The van der Waals surface area contributed by atoms with Gasteiger partial charge in [-0.3, -0.25) is 9.78 Å². The Morgan fingerprint density at radius 3 is 2.56 bits per heavy atom. The van der Waals surface area contributed by atoms with E-state index in [4.69, 9.17) is 22.4 Å². The molecule has 0 amide bonds. The Hall–Kier alpha value is -1.56. The number of carboxylic acid groups (broad SMARTS) is 1. The molecule has 2 unspecified atom stereocenters. The van der Waals surface area contributed by atoms with Crippen LogP contribution in [0.15, 0.2) is 48.7 Å². The van der Waals surface area contributed by atoms with Crippen molar-refractivity contribution in [3.05, 3.63) is 59.9 Å². The van der Waals surface area contributed by atoms with Crippen molar-refractivity contribution in [3.8, 4) is 0 Å². The second kappa shape index (κ2) is 11.1. The fourth-order valence-electron chi connectivity index (χ4n) is 2.16. The minimum atomic E-state index is -0.942. The zero-order valence-electron chi connectivity index (χ0n) is 14.5. The standard InChI is InChI=1S/C19H25ClN2O2S/c1-4-15(16(20)5-2)14-6-7-18(22-12-14)13(3)8-10-25-11-9-17(21)19(23)24/h4-7,12-13,17H,1-2,8-11,21H2,3H3,(H,23,24)/b16-15-. The van der Waals surface area contributed by atoms with Crippen LogP contribution in [0.1, 0.15) is 36.9 Å². The van der Waals surface area contributed by atoms with E-state index in [1.807, 2.05) is 12.1 Å². The van der Waals surface area contributed by atoms with Crippen molar-refractivity contribution in [3.63, 3.8) is 0 Å². The van der Waals surface area contributed by atoms with Crippen LogP contribution in [0.5, 0.6) is 0 Å². The van der Waals surface area contributed by atoms with Crippen LogP contribution in [-0.4, -0.2) is 33.6 Å². The van der Waals surface area contributed by atoms with Crippen molar-refractivity contribution in [2.45, 2.75) is 31.7 Å². The summed E-state index contributed by atoms with van der Waals surface area (Å²) in [5, 5.41) is 9.29. The van der Waals surface area contributed by atoms with E-state index in [1.165, 1.54) is 0 Å². The molecule has 1 rings (SSSR count). The molecule has 0 saturated heterocycles. The van der Waals surface area contributed by atoms with Gasteiger partial charge >= 0.3 is 5.97 Å². The lowest BCUT2D eigenvalue weighted by atomic mass is 10.0. The number of hydrogen-bond acceptors (Lipinski definition) is 4. The van der Waals surface area contributed by atoms with Crippen molar-refractivity contribution < 1.29 is 9.90 Å². The van der Waals surface area contributed by atoms with Gasteiger partial charge in [-0.25, -0.2) is 0 Å². The van der Waals surface area contributed by atoms with Crippen LogP contribution in [0.25, 0.3) is 5.57 Å². The lowest BCUT2D eigenvalue weighted by Gasteiger charge is -2.12. The van der Waals surface area contributed by atoms with Gasteiger partial charge in [-0.2, -0.15) is 11.8 Å². The molecular weight excluding hydrogens is 356 g/mol. The largest absolute Gasteiger partial charge is 0.480 e. The van der Waals surface area contributed by atoms with Gasteiger partial charge in [-0.05, 0) is 36.3 Å². The third-order valence-electron chi connectivity index (χ3n) is 3.83. The maximum absolute atomic E-state index is 10.6. The van der Waals surface area contributed by atoms with Gasteiger partial charge in [-0.15, -0.1) is 0 Å². The minimum absolute atomic E-state index is 0.320. The molecule has 25 heavy (non-hydrogen) atoms. The number of halogens is 1. The SMILES string of the molecule is C=C/C(Cl)=C(\C=C)c1ccc(C(C)CCSCCC(N)C(=O)O)nc1. The third-order valence-corrected chi connectivity index (χ3v) is 5.24. The number of hydrogen-bond donors (Lipinski definition) is 2. The average molecular weight is 381 g/mol. The van der Waals surface area contributed by atoms with Crippen molar-refractivity contribution >= 4 is 34.9 Å². The number of thioether (sulfide) groups is 1. The monoisotopic (exact) mass is 380 g/mol. The molecule has 2 atom stereocenters. The summed E-state index contributed by atoms with van der Waals surface area (Å²) in [6.45, 7) is 9.58. The highest BCUT2D eigenvalue weighted by molar-refractivity contribution is 7.99. The maximum Gasteiger partial charge on any atom is 0.320 e. The Labute approximate surface area is 158 Å². The summed E-state index contributed by atoms with van der Waals surface area (Å²) in [4.78, 5) is 15.2. The van der Waals surface area contributed by atoms with Crippen LogP contribution in [0, 0.1) is 0 Å². The van der Waals surface area contributed by atoms with Crippen molar-refractivity contribution in [2.24, 2.45) is 5.73 Å². The number of aliphatic carboxylic acids is 1. The average Bonchev–Trinajstić information content (AvgIpc) is 2.61. The van der Waals surface area contributed by atoms with E-state index in [9.17, 15) is 4.79 Å². The van der Waals surface area contributed by atoms with E-state index in [2.05, 4.69) is 25.1 Å². The number of allylic oxidation sites excluding steroid dienone is 4. The molecule has 1 heterocycles. The first-order valence-electron chi connectivity index (χ1n) is 8.07. The van der Waals surface area contributed by atoms with E-state index >= 15 is 0 Å². The smallest absolute Gasteiger partial charge is 0.320 e. The molecule has 6 heteroatoms. The zero-order chi connectivity index (χ0) is 18.8. The first-order chi connectivity index (χ1) is 11.9. The van der Waals surface area contributed by atoms with Gasteiger partial charge in [0, 0.05) is 28.1 Å². The second-order valence-electron chi connectivity index (χ2n) is 5.68. The highest BCUT2D eigenvalue weighted by Crippen LogP contribution is 2.25. The summed E-state index contributed by atoms with van der Waals surface area (Å²) >= 11 is 7.84. The predicted octanol–water partition coefficient (Wildman–Crippen LogP) is 4.43. The molecule has 0 radical (unpaired) electrons. The fourth-order valence-corrected chi connectivity index (χ4v) is 3.49. The molecule has 0 saturated carbocycles. The van der Waals surface area contributed by atoms with E-state index in [-0.39, 0.29) is 0 Å². The molecule has 1 aromatic rings. The maximum atomic E-state index is 10.6. The van der Waals surface area contributed by atoms with Crippen LogP contribution in [0.4, 0.5) is 0 Å². The number of pyridine rings is 1. The first-order valence-corrected chi connectivity index (χ1v) is 9.61. The highest BCUT2D eigenvalue weighted by Gasteiger charge is 2.12. The van der Waals surface area contributed by atoms with Crippen molar-refractivity contribution in [1.82, 2.24) is 4.98 Å². The summed E-state index contributed by atoms with van der Waals surface area (Å²) in [6.07, 6.45) is 6.54. The highest BCUT2D eigenvalue weighted by atomic mass is 35.5. The molecule has 3 N–H and O–H groups in total. The van der Waals surface area contributed by atoms with Gasteiger partial charge < -0.3 is 10.8 Å². The van der Waals surface area contributed by atoms with Gasteiger partial charge in [0.1, 0.15) is 6.04 Å². The third kappa shape index (κ3) is 7.06. The van der Waals surface area contributed by atoms with Gasteiger partial charge in [-0.1, -0.05) is 49.9 Å². The molecule has 0 bridgehead atoms. The Bertz CT molecular complexity index is 629. The van der Waals surface area contributed by atoms with Crippen LogP contribution >= 0.6 is 23.4 Å². The fraction of sp³-hybridized carbons (Fsp3) is 0.368. The normalized spacial score (nSPS) is 14.4. The quantitative estimate of drug-likeness (QED) is 0.438. The molecule has 0 spiro atoms. The Balaban J connectivity index is 2.52. The zero-order valence-corrected chi connectivity index (χ0v) is 16.0. The van der Waals surface area contributed by atoms with E-state index in [1.54, 1.807) is 30.1 Å². The van der Waals surface area contributed by atoms with Crippen molar-refractivity contribution in [2.75, 3.05) is 11.5 Å². The molecule has 4 nitrogen and oxygen atoms in total. The number of nitrogens with two attached hydrogens (primary N) is 1. The molecular formula is C19H25ClN2O2S. The minimum Gasteiger partial charge on any atom is -0.480 e. The lowest BCUT2D eigenvalue weighted by Crippen LogP contribution is -2.30. The second-order valence-corrected chi connectivity index (χ2v) is 7.31. The Kier molecular flexibility index (Phi) is 9.57. The van der Waals surface area contributed by atoms with Gasteiger partial charge in [0.2, 0.25) is 0 Å². The van der Waals surface area contributed by atoms with E-state index in [0.717, 1.165) is 34.8 Å². The summed E-state index contributed by atoms with van der Waals surface area (Å²) in [5.74, 6) is 1.07. The summed E-state index contributed by atoms with van der Waals surface area (Å²) < 4.78 is 0. The van der Waals surface area contributed by atoms with Crippen LogP contribution in [-0.2, 0) is 4.79 Å². The lowest BCUT2D eigenvalue weighted by molar-refractivity contribution is -0.138. The number of carbonyl (C=O) groups is 1. The van der Waals surface area contributed by atoms with E-state index < -0.39 is 12.0 Å². The summed E-state index contributed by atoms with van der Waals surface area (Å²) in [5.41, 5.74) is 8.22. The first kappa shape index (κ1) is 21.5. The molecule has 0 aliphatic carbocycles. The Morgan fingerprint density at radius 2 is 2.04 bits per heavy atom. The molecule has 0 fully saturated rings. The molecule has 1 aromatic heterocycles. The Morgan fingerprint density at radius 1 is 1.36 bits per heavy atom. The van der Waals surface area contributed by atoms with Gasteiger partial charge in [0.25, 0.3) is 0 Å². The number of carboxylic acids is 1. The van der Waals surface area contributed by atoms with Gasteiger partial charge in [0.05, 0.1) is 0 Å². The number of aromatic nitrogens is 1. The number of nitrogens with zero attached hydrogens (tertiary/aromatic N) is 1. The molecule has 0 aromatic carbocycles. The van der Waals surface area contributed by atoms with Crippen LogP contribution in [0.2, 0.25) is 0 Å². The van der Waals surface area contributed by atoms with E-state index in [0.29, 0.717) is 17.4 Å². The number of rotatable bonds is 11. The predicted molar refractivity (Wildman–Crippen MR) is 108 cm³/mol. The summed E-state index contributed by atoms with van der Waals surface area (Å²) in [7, 11) is 0. The van der Waals surface area contributed by atoms with Crippen LogP contribution < -0.4 is 5.73 Å². The van der Waals surface area contributed by atoms with Gasteiger partial charge in [0.15, 0.2) is 0 Å². The topological polar surface area (TPSA) is 76.2 Å². The molecule has 136 valence electrons. The molecule has 0 aliphatic rings. The summed E-state index contributed by atoms with van der Waals surface area (Å²) in [6, 6.07) is 3.22.